The first-order valence-electron chi connectivity index (χ1n) is 11.6. The van der Waals surface area contributed by atoms with Crippen molar-refractivity contribution in [2.45, 2.75) is 18.0 Å². The summed E-state index contributed by atoms with van der Waals surface area (Å²) in [6, 6.07) is 22.6. The number of nitrogens with zero attached hydrogens (tertiary/aromatic N) is 1. The van der Waals surface area contributed by atoms with Crippen LogP contribution in [0.1, 0.15) is 43.1 Å². The normalized spacial score (nSPS) is 21.1. The van der Waals surface area contributed by atoms with Crippen LogP contribution in [0, 0.1) is 11.7 Å². The monoisotopic (exact) mass is 532 g/mol. The van der Waals surface area contributed by atoms with Gasteiger partial charge in [0.1, 0.15) is 11.9 Å². The lowest BCUT2D eigenvalue weighted by Crippen LogP contribution is -2.46. The highest BCUT2D eigenvalue weighted by atomic mass is 35.5. The molecule has 1 aliphatic heterocycles. The molecule has 0 aliphatic carbocycles. The zero-order valence-corrected chi connectivity index (χ0v) is 21.0. The predicted octanol–water partition coefficient (Wildman–Crippen LogP) is 5.87. The third-order valence-electron chi connectivity index (χ3n) is 6.71. The molecule has 186 valence electrons. The highest BCUT2D eigenvalue weighted by Gasteiger charge is 2.57. The van der Waals surface area contributed by atoms with E-state index in [1.165, 1.54) is 40.5 Å². The molecule has 8 heteroatoms. The number of amides is 2. The van der Waals surface area contributed by atoms with Gasteiger partial charge in [0.15, 0.2) is 5.78 Å². The number of rotatable bonds is 6. The molecule has 3 aromatic carbocycles. The van der Waals surface area contributed by atoms with Crippen molar-refractivity contribution in [1.29, 1.82) is 0 Å². The Balaban J connectivity index is 1.75. The number of benzene rings is 3. The van der Waals surface area contributed by atoms with Gasteiger partial charge in [-0.2, -0.15) is 0 Å². The van der Waals surface area contributed by atoms with Crippen molar-refractivity contribution in [1.82, 2.24) is 4.90 Å². The van der Waals surface area contributed by atoms with Gasteiger partial charge < -0.3 is 10.6 Å². The third kappa shape index (κ3) is 4.68. The zero-order chi connectivity index (χ0) is 26.1. The molecule has 1 aromatic heterocycles. The minimum absolute atomic E-state index is 0.189. The Morgan fingerprint density at radius 3 is 2.22 bits per heavy atom. The van der Waals surface area contributed by atoms with Crippen LogP contribution in [0.2, 0.25) is 5.02 Å². The van der Waals surface area contributed by atoms with Gasteiger partial charge in [0, 0.05) is 26.9 Å². The highest BCUT2D eigenvalue weighted by molar-refractivity contribution is 7.10. The summed E-state index contributed by atoms with van der Waals surface area (Å²) >= 11 is 7.61. The standard InChI is InChI=1S/C29H22ClFN2O3S/c30-20-9-4-8-19(16-20)27(34)24-23(22-10-5-15-37-22)26(28(32)35)33(25(24)17-6-2-1-3-7-17)29(36)18-11-13-21(31)14-12-18/h1-16,23-26H,(H2,32,35). The van der Waals surface area contributed by atoms with Crippen molar-refractivity contribution in [2.24, 2.45) is 11.7 Å². The fourth-order valence-corrected chi connectivity index (χ4v) is 6.29. The second kappa shape index (κ2) is 10.3. The predicted molar refractivity (Wildman–Crippen MR) is 141 cm³/mol. The van der Waals surface area contributed by atoms with E-state index in [-0.39, 0.29) is 11.3 Å². The molecule has 0 spiro atoms. The van der Waals surface area contributed by atoms with E-state index in [2.05, 4.69) is 0 Å². The van der Waals surface area contributed by atoms with Crippen LogP contribution in [0.4, 0.5) is 4.39 Å². The summed E-state index contributed by atoms with van der Waals surface area (Å²) in [5.74, 6) is -3.51. The lowest BCUT2D eigenvalue weighted by molar-refractivity contribution is -0.122. The van der Waals surface area contributed by atoms with Crippen molar-refractivity contribution in [3.05, 3.63) is 129 Å². The van der Waals surface area contributed by atoms with Gasteiger partial charge in [-0.25, -0.2) is 4.39 Å². The van der Waals surface area contributed by atoms with E-state index in [4.69, 9.17) is 17.3 Å². The minimum atomic E-state index is -1.12. The molecular weight excluding hydrogens is 511 g/mol. The SMILES string of the molecule is NC(=O)C1C(c2cccs2)C(C(=O)c2cccc(Cl)c2)C(c2ccccc2)N1C(=O)c1ccc(F)cc1. The molecule has 1 saturated heterocycles. The van der Waals surface area contributed by atoms with E-state index in [1.807, 2.05) is 47.8 Å². The number of likely N-dealkylation sites (tertiary alicyclic amines) is 1. The molecule has 2 N–H and O–H groups in total. The van der Waals surface area contributed by atoms with Crippen LogP contribution >= 0.6 is 22.9 Å². The van der Waals surface area contributed by atoms with Crippen LogP contribution in [0.5, 0.6) is 0 Å². The van der Waals surface area contributed by atoms with E-state index in [1.54, 1.807) is 24.3 Å². The number of carbonyl (C=O) groups excluding carboxylic acids is 3. The number of Topliss-reactive ketones (excluding diaryl/α,β-unsaturated/α-hetero) is 1. The van der Waals surface area contributed by atoms with E-state index in [0.717, 1.165) is 4.88 Å². The second-order valence-electron chi connectivity index (χ2n) is 8.86. The first-order valence-corrected chi connectivity index (χ1v) is 12.9. The fraction of sp³-hybridized carbons (Fsp3) is 0.138. The summed E-state index contributed by atoms with van der Waals surface area (Å²) in [6.45, 7) is 0. The maximum atomic E-state index is 14.2. The number of hydrogen-bond acceptors (Lipinski definition) is 4. The maximum Gasteiger partial charge on any atom is 0.255 e. The summed E-state index contributed by atoms with van der Waals surface area (Å²) in [5, 5.41) is 2.26. The number of thiophene rings is 1. The Labute approximate surface area is 222 Å². The molecule has 37 heavy (non-hydrogen) atoms. The summed E-state index contributed by atoms with van der Waals surface area (Å²) < 4.78 is 13.7. The molecule has 4 atom stereocenters. The van der Waals surface area contributed by atoms with Gasteiger partial charge in [-0.15, -0.1) is 11.3 Å². The van der Waals surface area contributed by atoms with Crippen LogP contribution in [-0.4, -0.2) is 28.5 Å². The molecule has 0 bridgehead atoms. The summed E-state index contributed by atoms with van der Waals surface area (Å²) in [6.07, 6.45) is 0. The Bertz CT molecular complexity index is 1440. The maximum absolute atomic E-state index is 14.2. The van der Waals surface area contributed by atoms with Crippen molar-refractivity contribution in [3.63, 3.8) is 0 Å². The minimum Gasteiger partial charge on any atom is -0.368 e. The molecule has 5 nitrogen and oxygen atoms in total. The number of hydrogen-bond donors (Lipinski definition) is 1. The molecule has 0 saturated carbocycles. The van der Waals surface area contributed by atoms with Gasteiger partial charge in [-0.1, -0.05) is 60.1 Å². The molecule has 2 amide bonds. The van der Waals surface area contributed by atoms with Gasteiger partial charge >= 0.3 is 0 Å². The van der Waals surface area contributed by atoms with Crippen LogP contribution in [-0.2, 0) is 4.79 Å². The second-order valence-corrected chi connectivity index (χ2v) is 10.3. The number of halogens is 2. The van der Waals surface area contributed by atoms with E-state index in [9.17, 15) is 18.8 Å². The van der Waals surface area contributed by atoms with Gasteiger partial charge in [0.05, 0.1) is 12.0 Å². The Morgan fingerprint density at radius 2 is 1.59 bits per heavy atom. The Hall–Kier alpha value is -3.81. The zero-order valence-electron chi connectivity index (χ0n) is 19.5. The summed E-state index contributed by atoms with van der Waals surface area (Å²) in [5.41, 5.74) is 7.22. The Kier molecular flexibility index (Phi) is 6.91. The summed E-state index contributed by atoms with van der Waals surface area (Å²) in [4.78, 5) is 43.5. The van der Waals surface area contributed by atoms with Crippen LogP contribution in [0.15, 0.2) is 96.4 Å². The average molecular weight is 533 g/mol. The van der Waals surface area contributed by atoms with Gasteiger partial charge in [0.25, 0.3) is 5.91 Å². The first-order chi connectivity index (χ1) is 17.9. The summed E-state index contributed by atoms with van der Waals surface area (Å²) in [7, 11) is 0. The average Bonchev–Trinajstić information content (AvgIpc) is 3.55. The quantitative estimate of drug-likeness (QED) is 0.315. The van der Waals surface area contributed by atoms with Crippen LogP contribution < -0.4 is 5.73 Å². The van der Waals surface area contributed by atoms with Crippen molar-refractivity contribution < 1.29 is 18.8 Å². The van der Waals surface area contributed by atoms with E-state index < -0.39 is 41.6 Å². The van der Waals surface area contributed by atoms with Gasteiger partial charge in [-0.3, -0.25) is 14.4 Å². The number of carbonyl (C=O) groups is 3. The van der Waals surface area contributed by atoms with Crippen molar-refractivity contribution >= 4 is 40.5 Å². The molecule has 4 unspecified atom stereocenters. The number of primary amides is 1. The van der Waals surface area contributed by atoms with Gasteiger partial charge in [-0.05, 0) is 53.4 Å². The van der Waals surface area contributed by atoms with Gasteiger partial charge in [0.2, 0.25) is 5.91 Å². The molecule has 1 aliphatic rings. The molecule has 1 fully saturated rings. The lowest BCUT2D eigenvalue weighted by atomic mass is 9.78. The first kappa shape index (κ1) is 24.9. The van der Waals surface area contributed by atoms with Crippen molar-refractivity contribution in [2.75, 3.05) is 0 Å². The molecule has 2 heterocycles. The number of nitrogens with two attached hydrogens (primary N) is 1. The van der Waals surface area contributed by atoms with E-state index >= 15 is 0 Å². The molecule has 0 radical (unpaired) electrons. The smallest absolute Gasteiger partial charge is 0.255 e. The molecular formula is C29H22ClFN2O3S. The lowest BCUT2D eigenvalue weighted by Gasteiger charge is -2.31. The highest BCUT2D eigenvalue weighted by Crippen LogP contribution is 2.52. The number of ketones is 1. The molecule has 5 rings (SSSR count). The van der Waals surface area contributed by atoms with Crippen LogP contribution in [0.3, 0.4) is 0 Å². The van der Waals surface area contributed by atoms with Crippen LogP contribution in [0.25, 0.3) is 0 Å². The fourth-order valence-electron chi connectivity index (χ4n) is 5.19. The largest absolute Gasteiger partial charge is 0.368 e. The third-order valence-corrected chi connectivity index (χ3v) is 7.92. The van der Waals surface area contributed by atoms with Crippen molar-refractivity contribution in [3.8, 4) is 0 Å². The molecule has 4 aromatic rings. The van der Waals surface area contributed by atoms with E-state index in [0.29, 0.717) is 16.1 Å². The topological polar surface area (TPSA) is 80.5 Å². The Morgan fingerprint density at radius 1 is 0.865 bits per heavy atom.